The van der Waals surface area contributed by atoms with Crippen LogP contribution in [0.25, 0.3) is 0 Å². The van der Waals surface area contributed by atoms with E-state index in [0.29, 0.717) is 15.7 Å². The topological polar surface area (TPSA) is 50.1 Å². The summed E-state index contributed by atoms with van der Waals surface area (Å²) in [5.74, 6) is 5.08. The molecule has 4 N–H and O–H groups in total. The maximum atomic E-state index is 5.85. The van der Waals surface area contributed by atoms with Crippen molar-refractivity contribution in [3.63, 3.8) is 0 Å². The molecule has 0 aromatic heterocycles. The van der Waals surface area contributed by atoms with Gasteiger partial charge in [0.15, 0.2) is 5.11 Å². The Morgan fingerprint density at radius 3 is 2.69 bits per heavy atom. The molecule has 0 aliphatic heterocycles. The lowest BCUT2D eigenvalue weighted by molar-refractivity contribution is 1.04. The standard InChI is InChI=1S/C7H7Cl2N3S/c8-4-1-2-5(9)6(3-4)11-7(13)12-10/h1-3H,10H2,(H2,11,12,13). The Morgan fingerprint density at radius 2 is 2.08 bits per heavy atom. The first-order chi connectivity index (χ1) is 6.13. The summed E-state index contributed by atoms with van der Waals surface area (Å²) in [6.45, 7) is 0. The maximum absolute atomic E-state index is 5.85. The number of nitrogens with one attached hydrogen (secondary N) is 2. The zero-order valence-electron chi connectivity index (χ0n) is 6.47. The van der Waals surface area contributed by atoms with Crippen molar-refractivity contribution in [2.24, 2.45) is 5.84 Å². The van der Waals surface area contributed by atoms with Crippen molar-refractivity contribution < 1.29 is 0 Å². The zero-order valence-corrected chi connectivity index (χ0v) is 8.80. The van der Waals surface area contributed by atoms with Crippen molar-refractivity contribution in [2.75, 3.05) is 5.32 Å². The molecule has 0 aliphatic rings. The molecule has 13 heavy (non-hydrogen) atoms. The SMILES string of the molecule is NNC(=S)Nc1cc(Cl)ccc1Cl. The van der Waals surface area contributed by atoms with Crippen LogP contribution in [0.3, 0.4) is 0 Å². The molecule has 0 fully saturated rings. The maximum Gasteiger partial charge on any atom is 0.185 e. The van der Waals surface area contributed by atoms with Crippen LogP contribution in [0, 0.1) is 0 Å². The van der Waals surface area contributed by atoms with Gasteiger partial charge in [-0.1, -0.05) is 23.2 Å². The Labute approximate surface area is 91.2 Å². The number of hydrogen-bond acceptors (Lipinski definition) is 2. The molecular weight excluding hydrogens is 229 g/mol. The molecule has 0 aliphatic carbocycles. The fourth-order valence-corrected chi connectivity index (χ4v) is 1.20. The number of hydrogen-bond donors (Lipinski definition) is 3. The predicted octanol–water partition coefficient (Wildman–Crippen LogP) is 2.15. The summed E-state index contributed by atoms with van der Waals surface area (Å²) >= 11 is 16.4. The van der Waals surface area contributed by atoms with E-state index in [1.807, 2.05) is 0 Å². The lowest BCUT2D eigenvalue weighted by Gasteiger charge is -2.08. The summed E-state index contributed by atoms with van der Waals surface area (Å²) in [6.07, 6.45) is 0. The fraction of sp³-hybridized carbons (Fsp3) is 0. The van der Waals surface area contributed by atoms with Gasteiger partial charge in [-0.25, -0.2) is 5.84 Å². The lowest BCUT2D eigenvalue weighted by atomic mass is 10.3. The number of anilines is 1. The van der Waals surface area contributed by atoms with Gasteiger partial charge in [-0.2, -0.15) is 0 Å². The van der Waals surface area contributed by atoms with Gasteiger partial charge in [0.05, 0.1) is 10.7 Å². The second-order valence-corrected chi connectivity index (χ2v) is 3.47. The van der Waals surface area contributed by atoms with E-state index < -0.39 is 0 Å². The quantitative estimate of drug-likeness (QED) is 0.397. The minimum atomic E-state index is 0.282. The van der Waals surface area contributed by atoms with E-state index in [1.54, 1.807) is 18.2 Å². The van der Waals surface area contributed by atoms with E-state index in [2.05, 4.69) is 10.7 Å². The highest BCUT2D eigenvalue weighted by atomic mass is 35.5. The molecule has 0 radical (unpaired) electrons. The summed E-state index contributed by atoms with van der Waals surface area (Å²) < 4.78 is 0. The van der Waals surface area contributed by atoms with Gasteiger partial charge < -0.3 is 10.7 Å². The summed E-state index contributed by atoms with van der Waals surface area (Å²) in [6, 6.07) is 5.02. The van der Waals surface area contributed by atoms with E-state index in [0.717, 1.165) is 0 Å². The summed E-state index contributed by atoms with van der Waals surface area (Å²) in [4.78, 5) is 0. The van der Waals surface area contributed by atoms with Crippen molar-refractivity contribution in [1.82, 2.24) is 5.43 Å². The molecule has 0 bridgehead atoms. The molecule has 1 rings (SSSR count). The van der Waals surface area contributed by atoms with Gasteiger partial charge in [-0.15, -0.1) is 0 Å². The number of nitrogens with two attached hydrogens (primary N) is 1. The molecule has 0 amide bonds. The highest BCUT2D eigenvalue weighted by Gasteiger charge is 2.01. The highest BCUT2D eigenvalue weighted by Crippen LogP contribution is 2.25. The average molecular weight is 236 g/mol. The van der Waals surface area contributed by atoms with Crippen LogP contribution in [0.15, 0.2) is 18.2 Å². The Morgan fingerprint density at radius 1 is 1.38 bits per heavy atom. The minimum absolute atomic E-state index is 0.282. The third kappa shape index (κ3) is 3.00. The van der Waals surface area contributed by atoms with Gasteiger partial charge in [0.1, 0.15) is 0 Å². The fourth-order valence-electron chi connectivity index (χ4n) is 0.752. The Bertz CT molecular complexity index is 330. The van der Waals surface area contributed by atoms with E-state index in [1.165, 1.54) is 0 Å². The molecule has 0 saturated carbocycles. The third-order valence-electron chi connectivity index (χ3n) is 1.31. The summed E-state index contributed by atoms with van der Waals surface area (Å²) in [7, 11) is 0. The van der Waals surface area contributed by atoms with Crippen LogP contribution in [0.5, 0.6) is 0 Å². The van der Waals surface area contributed by atoms with Crippen molar-refractivity contribution in [2.45, 2.75) is 0 Å². The molecular formula is C7H7Cl2N3S. The monoisotopic (exact) mass is 235 g/mol. The second kappa shape index (κ2) is 4.62. The first-order valence-corrected chi connectivity index (χ1v) is 4.52. The highest BCUT2D eigenvalue weighted by molar-refractivity contribution is 7.80. The van der Waals surface area contributed by atoms with Crippen LogP contribution in [0.2, 0.25) is 10.0 Å². The Balaban J connectivity index is 2.87. The van der Waals surface area contributed by atoms with Crippen LogP contribution in [0.1, 0.15) is 0 Å². The Kier molecular flexibility index (Phi) is 3.74. The molecule has 0 spiro atoms. The van der Waals surface area contributed by atoms with Gasteiger partial charge in [-0.3, -0.25) is 0 Å². The first-order valence-electron chi connectivity index (χ1n) is 3.36. The van der Waals surface area contributed by atoms with Crippen molar-refractivity contribution in [1.29, 1.82) is 0 Å². The van der Waals surface area contributed by atoms with Crippen LogP contribution in [-0.2, 0) is 0 Å². The largest absolute Gasteiger partial charge is 0.330 e. The lowest BCUT2D eigenvalue weighted by Crippen LogP contribution is -2.34. The molecule has 1 aromatic rings. The van der Waals surface area contributed by atoms with Crippen LogP contribution >= 0.6 is 35.4 Å². The van der Waals surface area contributed by atoms with Crippen LogP contribution in [0.4, 0.5) is 5.69 Å². The average Bonchev–Trinajstić information content (AvgIpc) is 2.11. The van der Waals surface area contributed by atoms with Gasteiger partial charge in [-0.05, 0) is 30.4 Å². The predicted molar refractivity (Wildman–Crippen MR) is 60.0 cm³/mol. The number of halogens is 2. The third-order valence-corrected chi connectivity index (χ3v) is 2.09. The normalized spacial score (nSPS) is 9.46. The Hall–Kier alpha value is -0.550. The molecule has 0 unspecified atom stereocenters. The molecule has 3 nitrogen and oxygen atoms in total. The van der Waals surface area contributed by atoms with Gasteiger partial charge >= 0.3 is 0 Å². The van der Waals surface area contributed by atoms with Crippen molar-refractivity contribution >= 4 is 46.2 Å². The van der Waals surface area contributed by atoms with Gasteiger partial charge in [0.25, 0.3) is 0 Å². The number of thiocarbonyl (C=S) groups is 1. The van der Waals surface area contributed by atoms with Crippen molar-refractivity contribution in [3.05, 3.63) is 28.2 Å². The molecule has 70 valence electrons. The second-order valence-electron chi connectivity index (χ2n) is 2.22. The minimum Gasteiger partial charge on any atom is -0.330 e. The summed E-state index contributed by atoms with van der Waals surface area (Å²) in [5.41, 5.74) is 2.90. The number of benzene rings is 1. The number of rotatable bonds is 1. The smallest absolute Gasteiger partial charge is 0.185 e. The molecule has 6 heteroatoms. The molecule has 0 saturated heterocycles. The number of hydrazine groups is 1. The van der Waals surface area contributed by atoms with E-state index in [4.69, 9.17) is 41.3 Å². The molecule has 0 atom stereocenters. The van der Waals surface area contributed by atoms with Gasteiger partial charge in [0.2, 0.25) is 0 Å². The van der Waals surface area contributed by atoms with Gasteiger partial charge in [0, 0.05) is 5.02 Å². The summed E-state index contributed by atoms with van der Waals surface area (Å²) in [5, 5.41) is 4.17. The van der Waals surface area contributed by atoms with Crippen LogP contribution in [-0.4, -0.2) is 5.11 Å². The zero-order chi connectivity index (χ0) is 9.84. The van der Waals surface area contributed by atoms with E-state index in [9.17, 15) is 0 Å². The molecule has 1 aromatic carbocycles. The van der Waals surface area contributed by atoms with E-state index in [-0.39, 0.29) is 5.11 Å². The first kappa shape index (κ1) is 10.5. The molecule has 0 heterocycles. The van der Waals surface area contributed by atoms with E-state index >= 15 is 0 Å². The van der Waals surface area contributed by atoms with Crippen LogP contribution < -0.4 is 16.6 Å². The van der Waals surface area contributed by atoms with Crippen molar-refractivity contribution in [3.8, 4) is 0 Å².